The molecule has 0 bridgehead atoms. The van der Waals surface area contributed by atoms with Crippen LogP contribution >= 0.6 is 0 Å². The molecule has 0 aromatic heterocycles. The molecule has 17 heavy (non-hydrogen) atoms. The van der Waals surface area contributed by atoms with Crippen LogP contribution in [0, 0.1) is 13.8 Å². The maximum Gasteiger partial charge on any atom is 0.322 e. The van der Waals surface area contributed by atoms with Crippen molar-refractivity contribution in [3.05, 3.63) is 29.3 Å². The molecule has 2 atom stereocenters. The summed E-state index contributed by atoms with van der Waals surface area (Å²) in [6, 6.07) is 5.43. The predicted molar refractivity (Wildman–Crippen MR) is 65.6 cm³/mol. The molecule has 2 unspecified atom stereocenters. The van der Waals surface area contributed by atoms with Gasteiger partial charge in [-0.05, 0) is 25.5 Å². The van der Waals surface area contributed by atoms with E-state index >= 15 is 0 Å². The summed E-state index contributed by atoms with van der Waals surface area (Å²) in [4.78, 5) is 11.6. The van der Waals surface area contributed by atoms with Gasteiger partial charge in [-0.1, -0.05) is 17.7 Å². The van der Waals surface area contributed by atoms with Gasteiger partial charge in [0.1, 0.15) is 0 Å². The van der Waals surface area contributed by atoms with Crippen LogP contribution in [0.1, 0.15) is 11.1 Å². The van der Waals surface area contributed by atoms with E-state index in [4.69, 9.17) is 9.84 Å². The van der Waals surface area contributed by atoms with Gasteiger partial charge in [-0.3, -0.25) is 9.00 Å². The van der Waals surface area contributed by atoms with Crippen molar-refractivity contribution < 1.29 is 18.8 Å². The van der Waals surface area contributed by atoms with Gasteiger partial charge in [0.25, 0.3) is 0 Å². The van der Waals surface area contributed by atoms with Crippen molar-refractivity contribution in [3.63, 3.8) is 0 Å². The van der Waals surface area contributed by atoms with Crippen molar-refractivity contribution in [3.8, 4) is 0 Å². The summed E-state index contributed by atoms with van der Waals surface area (Å²) in [5.74, 6) is -1.11. The number of hydrogen-bond donors (Lipinski definition) is 1. The molecule has 0 saturated carbocycles. The lowest BCUT2D eigenvalue weighted by Crippen LogP contribution is -2.30. The first-order valence-electron chi connectivity index (χ1n) is 5.17. The lowest BCUT2D eigenvalue weighted by Gasteiger charge is -2.13. The van der Waals surface area contributed by atoms with Crippen molar-refractivity contribution in [2.24, 2.45) is 0 Å². The minimum Gasteiger partial charge on any atom is -0.480 e. The van der Waals surface area contributed by atoms with E-state index in [1.54, 1.807) is 6.07 Å². The van der Waals surface area contributed by atoms with Gasteiger partial charge in [0.05, 0.1) is 17.4 Å². The van der Waals surface area contributed by atoms with Crippen LogP contribution in [0.2, 0.25) is 0 Å². The van der Waals surface area contributed by atoms with Crippen LogP contribution < -0.4 is 0 Å². The highest BCUT2D eigenvalue weighted by atomic mass is 32.2. The molecule has 0 spiro atoms. The Morgan fingerprint density at radius 2 is 2.12 bits per heavy atom. The second kappa shape index (κ2) is 5.93. The van der Waals surface area contributed by atoms with E-state index in [0.29, 0.717) is 4.90 Å². The largest absolute Gasteiger partial charge is 0.480 e. The van der Waals surface area contributed by atoms with Crippen LogP contribution in [0.5, 0.6) is 0 Å². The Labute approximate surface area is 103 Å². The zero-order valence-electron chi connectivity index (χ0n) is 10.1. The smallest absolute Gasteiger partial charge is 0.322 e. The minimum atomic E-state index is -1.60. The number of aryl methyl sites for hydroxylation is 2. The summed E-state index contributed by atoms with van der Waals surface area (Å²) in [5.41, 5.74) is 1.90. The van der Waals surface area contributed by atoms with Gasteiger partial charge < -0.3 is 9.84 Å². The predicted octanol–water partition coefficient (Wildman–Crippen LogP) is 1.51. The highest BCUT2D eigenvalue weighted by Gasteiger charge is 2.26. The second-order valence-corrected chi connectivity index (χ2v) is 5.45. The Kier molecular flexibility index (Phi) is 4.84. The zero-order valence-corrected chi connectivity index (χ0v) is 10.9. The van der Waals surface area contributed by atoms with E-state index in [9.17, 15) is 9.00 Å². The number of methoxy groups -OCH3 is 1. The Bertz CT molecular complexity index is 442. The minimum absolute atomic E-state index is 0.0603. The molecule has 1 aromatic carbocycles. The lowest BCUT2D eigenvalue weighted by molar-refractivity contribution is -0.137. The van der Waals surface area contributed by atoms with Gasteiger partial charge >= 0.3 is 5.97 Å². The molecule has 0 aliphatic carbocycles. The first-order chi connectivity index (χ1) is 7.97. The Morgan fingerprint density at radius 1 is 1.47 bits per heavy atom. The van der Waals surface area contributed by atoms with E-state index < -0.39 is 22.0 Å². The van der Waals surface area contributed by atoms with Gasteiger partial charge in [0.2, 0.25) is 0 Å². The van der Waals surface area contributed by atoms with E-state index in [1.165, 1.54) is 7.11 Å². The van der Waals surface area contributed by atoms with Gasteiger partial charge in [-0.2, -0.15) is 0 Å². The number of aliphatic carboxylic acids is 1. The van der Waals surface area contributed by atoms with Crippen molar-refractivity contribution in [2.75, 3.05) is 13.7 Å². The van der Waals surface area contributed by atoms with E-state index in [0.717, 1.165) is 11.1 Å². The molecule has 94 valence electrons. The average Bonchev–Trinajstić information content (AvgIpc) is 2.24. The highest BCUT2D eigenvalue weighted by Crippen LogP contribution is 2.18. The molecule has 0 saturated heterocycles. The highest BCUT2D eigenvalue weighted by molar-refractivity contribution is 7.86. The molecule has 0 aliphatic heterocycles. The molecular formula is C12H16O4S. The Balaban J connectivity index is 3.05. The summed E-state index contributed by atoms with van der Waals surface area (Å²) in [6.45, 7) is 3.70. The monoisotopic (exact) mass is 256 g/mol. The van der Waals surface area contributed by atoms with Gasteiger partial charge in [-0.15, -0.1) is 0 Å². The fourth-order valence-electron chi connectivity index (χ4n) is 1.55. The number of carboxylic acid groups (broad SMARTS) is 1. The Morgan fingerprint density at radius 3 is 2.59 bits per heavy atom. The molecule has 0 radical (unpaired) electrons. The molecule has 0 amide bonds. The van der Waals surface area contributed by atoms with Crippen molar-refractivity contribution in [1.29, 1.82) is 0 Å². The van der Waals surface area contributed by atoms with Crippen LogP contribution in [-0.4, -0.2) is 34.3 Å². The van der Waals surface area contributed by atoms with Crippen LogP contribution in [0.4, 0.5) is 0 Å². The molecular weight excluding hydrogens is 240 g/mol. The summed E-state index contributed by atoms with van der Waals surface area (Å²) in [6.07, 6.45) is 0. The molecule has 4 nitrogen and oxygen atoms in total. The summed E-state index contributed by atoms with van der Waals surface area (Å²) < 4.78 is 17.0. The number of ether oxygens (including phenoxy) is 1. The summed E-state index contributed by atoms with van der Waals surface area (Å²) in [5, 5.41) is 7.98. The van der Waals surface area contributed by atoms with E-state index in [-0.39, 0.29) is 6.61 Å². The molecule has 0 aliphatic rings. The van der Waals surface area contributed by atoms with Gasteiger partial charge in [-0.25, -0.2) is 0 Å². The number of hydrogen-bond acceptors (Lipinski definition) is 3. The molecule has 1 N–H and O–H groups in total. The van der Waals surface area contributed by atoms with Crippen molar-refractivity contribution in [1.82, 2.24) is 0 Å². The lowest BCUT2D eigenvalue weighted by atomic mass is 10.2. The molecule has 1 aromatic rings. The molecule has 1 rings (SSSR count). The van der Waals surface area contributed by atoms with E-state index in [1.807, 2.05) is 26.0 Å². The second-order valence-electron chi connectivity index (χ2n) is 3.85. The third-order valence-electron chi connectivity index (χ3n) is 2.40. The van der Waals surface area contributed by atoms with Crippen molar-refractivity contribution >= 4 is 16.8 Å². The fraction of sp³-hybridized carbons (Fsp3) is 0.417. The molecule has 0 heterocycles. The third-order valence-corrected chi connectivity index (χ3v) is 4.15. The molecule has 5 heteroatoms. The quantitative estimate of drug-likeness (QED) is 0.867. The number of carboxylic acids is 1. The van der Waals surface area contributed by atoms with E-state index in [2.05, 4.69) is 0 Å². The average molecular weight is 256 g/mol. The standard InChI is InChI=1S/C12H16O4S/c1-8-4-5-10(9(2)6-8)17(15)11(7-16-3)12(13)14/h4-6,11H,7H2,1-3H3,(H,13,14). The van der Waals surface area contributed by atoms with Crippen LogP contribution in [-0.2, 0) is 20.3 Å². The van der Waals surface area contributed by atoms with Crippen molar-refractivity contribution in [2.45, 2.75) is 24.0 Å². The maximum atomic E-state index is 12.2. The number of benzene rings is 1. The SMILES string of the molecule is COCC(C(=O)O)S(=O)c1ccc(C)cc1C. The topological polar surface area (TPSA) is 63.6 Å². The summed E-state index contributed by atoms with van der Waals surface area (Å²) in [7, 11) is -0.198. The maximum absolute atomic E-state index is 12.2. The van der Waals surface area contributed by atoms with Gasteiger partial charge in [0, 0.05) is 12.0 Å². The first-order valence-corrected chi connectivity index (χ1v) is 6.38. The van der Waals surface area contributed by atoms with Crippen LogP contribution in [0.3, 0.4) is 0 Å². The first kappa shape index (κ1) is 13.9. The number of rotatable bonds is 5. The number of carbonyl (C=O) groups is 1. The van der Waals surface area contributed by atoms with Gasteiger partial charge in [0.15, 0.2) is 5.25 Å². The fourth-order valence-corrected chi connectivity index (χ4v) is 2.88. The van der Waals surface area contributed by atoms with Crippen LogP contribution in [0.25, 0.3) is 0 Å². The summed E-state index contributed by atoms with van der Waals surface area (Å²) >= 11 is 0. The molecule has 0 fully saturated rings. The Hall–Kier alpha value is -1.20. The zero-order chi connectivity index (χ0) is 13.0. The third kappa shape index (κ3) is 3.38. The van der Waals surface area contributed by atoms with Crippen LogP contribution in [0.15, 0.2) is 23.1 Å². The normalized spacial score (nSPS) is 14.3.